The predicted molar refractivity (Wildman–Crippen MR) is 79.0 cm³/mol. The van der Waals surface area contributed by atoms with Crippen LogP contribution in [0.25, 0.3) is 0 Å². The van der Waals surface area contributed by atoms with Crippen LogP contribution in [0.1, 0.15) is 12.5 Å². The van der Waals surface area contributed by atoms with Gasteiger partial charge in [-0.2, -0.15) is 0 Å². The highest BCUT2D eigenvalue weighted by atomic mass is 16.4. The molecule has 1 aromatic carbocycles. The van der Waals surface area contributed by atoms with Crippen LogP contribution < -0.4 is 5.32 Å². The van der Waals surface area contributed by atoms with Gasteiger partial charge in [-0.25, -0.2) is 0 Å². The summed E-state index contributed by atoms with van der Waals surface area (Å²) in [5.41, 5.74) is 2.25. The number of hydrogen-bond donors (Lipinski definition) is 2. The highest BCUT2D eigenvalue weighted by Gasteiger charge is 2.39. The molecule has 1 saturated heterocycles. The molecular weight excluding hydrogens is 268 g/mol. The molecule has 0 spiro atoms. The van der Waals surface area contributed by atoms with Crippen LogP contribution in [0.2, 0.25) is 0 Å². The minimum Gasteiger partial charge on any atom is -0.481 e. The molecule has 3 rings (SSSR count). The van der Waals surface area contributed by atoms with Gasteiger partial charge in [0.1, 0.15) is 0 Å². The average Bonchev–Trinajstić information content (AvgIpc) is 2.88. The second-order valence-corrected chi connectivity index (χ2v) is 6.10. The van der Waals surface area contributed by atoms with Gasteiger partial charge in [0.05, 0.1) is 11.8 Å². The van der Waals surface area contributed by atoms with Crippen LogP contribution in [0.3, 0.4) is 0 Å². The van der Waals surface area contributed by atoms with E-state index in [1.807, 2.05) is 31.2 Å². The third-order valence-electron chi connectivity index (χ3n) is 4.61. The molecule has 0 aliphatic carbocycles. The molecule has 1 amide bonds. The maximum absolute atomic E-state index is 12.6. The summed E-state index contributed by atoms with van der Waals surface area (Å²) in [5.74, 6) is -1.23. The number of carboxylic acids is 1. The maximum Gasteiger partial charge on any atom is 0.308 e. The Morgan fingerprint density at radius 1 is 1.29 bits per heavy atom. The van der Waals surface area contributed by atoms with Crippen molar-refractivity contribution in [2.24, 2.45) is 17.8 Å². The van der Waals surface area contributed by atoms with Crippen molar-refractivity contribution in [3.8, 4) is 0 Å². The van der Waals surface area contributed by atoms with Crippen LogP contribution in [0.4, 0.5) is 5.69 Å². The van der Waals surface area contributed by atoms with Crippen LogP contribution >= 0.6 is 0 Å². The lowest BCUT2D eigenvalue weighted by atomic mass is 9.93. The Balaban J connectivity index is 1.69. The van der Waals surface area contributed by atoms with Gasteiger partial charge in [0.2, 0.25) is 5.91 Å². The van der Waals surface area contributed by atoms with E-state index in [1.54, 1.807) is 4.90 Å². The lowest BCUT2D eigenvalue weighted by molar-refractivity contribution is -0.142. The number of nitrogens with zero attached hydrogens (tertiary/aromatic N) is 1. The van der Waals surface area contributed by atoms with E-state index in [1.165, 1.54) is 0 Å². The zero-order valence-electron chi connectivity index (χ0n) is 12.1. The molecule has 0 bridgehead atoms. The van der Waals surface area contributed by atoms with Gasteiger partial charge in [-0.05, 0) is 24.0 Å². The summed E-state index contributed by atoms with van der Waals surface area (Å²) in [6, 6.07) is 8.02. The van der Waals surface area contributed by atoms with E-state index in [4.69, 9.17) is 0 Å². The molecule has 21 heavy (non-hydrogen) atoms. The topological polar surface area (TPSA) is 69.6 Å². The summed E-state index contributed by atoms with van der Waals surface area (Å²) in [5, 5.41) is 12.5. The number of amides is 1. The number of carbonyl (C=O) groups is 2. The molecule has 2 aliphatic heterocycles. The van der Waals surface area contributed by atoms with Crippen molar-refractivity contribution in [2.45, 2.75) is 13.3 Å². The van der Waals surface area contributed by atoms with Crippen LogP contribution in [0.5, 0.6) is 0 Å². The molecular formula is C16H20N2O3. The van der Waals surface area contributed by atoms with Gasteiger partial charge in [-0.3, -0.25) is 9.59 Å². The van der Waals surface area contributed by atoms with Gasteiger partial charge in [-0.15, -0.1) is 0 Å². The molecule has 1 fully saturated rings. The number of carbonyl (C=O) groups excluding carboxylic acids is 1. The number of para-hydroxylation sites is 1. The number of fused-ring (bicyclic) bond motifs is 1. The molecule has 3 atom stereocenters. The van der Waals surface area contributed by atoms with Crippen molar-refractivity contribution in [3.05, 3.63) is 29.8 Å². The first-order valence-corrected chi connectivity index (χ1v) is 7.39. The van der Waals surface area contributed by atoms with Gasteiger partial charge in [0.25, 0.3) is 0 Å². The molecule has 0 radical (unpaired) electrons. The highest BCUT2D eigenvalue weighted by molar-refractivity contribution is 5.82. The van der Waals surface area contributed by atoms with Gasteiger partial charge >= 0.3 is 5.97 Å². The van der Waals surface area contributed by atoms with Gasteiger partial charge in [0.15, 0.2) is 0 Å². The summed E-state index contributed by atoms with van der Waals surface area (Å²) in [6.45, 7) is 3.42. The van der Waals surface area contributed by atoms with Crippen molar-refractivity contribution in [2.75, 3.05) is 25.0 Å². The molecule has 2 N–H and O–H groups in total. The smallest absolute Gasteiger partial charge is 0.308 e. The number of carboxylic acid groups (broad SMARTS) is 1. The Morgan fingerprint density at radius 3 is 2.76 bits per heavy atom. The van der Waals surface area contributed by atoms with E-state index in [-0.39, 0.29) is 17.7 Å². The van der Waals surface area contributed by atoms with Crippen molar-refractivity contribution < 1.29 is 14.7 Å². The van der Waals surface area contributed by atoms with E-state index in [0.29, 0.717) is 19.6 Å². The summed E-state index contributed by atoms with van der Waals surface area (Å²) in [6.07, 6.45) is 0.727. The molecule has 5 heteroatoms. The van der Waals surface area contributed by atoms with E-state index >= 15 is 0 Å². The number of benzene rings is 1. The van der Waals surface area contributed by atoms with E-state index in [0.717, 1.165) is 17.7 Å². The number of likely N-dealkylation sites (tertiary alicyclic amines) is 1. The van der Waals surface area contributed by atoms with Crippen LogP contribution in [-0.2, 0) is 16.0 Å². The second kappa shape index (κ2) is 5.39. The summed E-state index contributed by atoms with van der Waals surface area (Å²) in [4.78, 5) is 25.5. The normalized spacial score (nSPS) is 27.9. The first-order valence-electron chi connectivity index (χ1n) is 7.39. The van der Waals surface area contributed by atoms with E-state index in [2.05, 4.69) is 5.32 Å². The zero-order chi connectivity index (χ0) is 15.0. The number of rotatable bonds is 2. The highest BCUT2D eigenvalue weighted by Crippen LogP contribution is 2.29. The monoisotopic (exact) mass is 288 g/mol. The van der Waals surface area contributed by atoms with E-state index in [9.17, 15) is 14.7 Å². The van der Waals surface area contributed by atoms with Crippen molar-refractivity contribution in [3.63, 3.8) is 0 Å². The molecule has 2 heterocycles. The van der Waals surface area contributed by atoms with Gasteiger partial charge in [0, 0.05) is 25.3 Å². The molecule has 2 aliphatic rings. The first kappa shape index (κ1) is 13.9. The number of hydrogen-bond acceptors (Lipinski definition) is 3. The van der Waals surface area contributed by atoms with Crippen LogP contribution in [0, 0.1) is 17.8 Å². The van der Waals surface area contributed by atoms with Crippen LogP contribution in [-0.4, -0.2) is 41.5 Å². The Bertz CT molecular complexity index is 572. The summed E-state index contributed by atoms with van der Waals surface area (Å²) < 4.78 is 0. The molecule has 0 aromatic heterocycles. The minimum atomic E-state index is -0.801. The Morgan fingerprint density at radius 2 is 2.05 bits per heavy atom. The standard InChI is InChI=1S/C16H20N2O3/c1-10-8-18(9-13(10)16(20)21)15(19)12-6-11-4-2-3-5-14(11)17-7-12/h2-5,10,12-13,17H,6-9H2,1H3,(H,20,21). The number of nitrogens with one attached hydrogen (secondary N) is 1. The van der Waals surface area contributed by atoms with Gasteiger partial charge < -0.3 is 15.3 Å². The molecule has 3 unspecified atom stereocenters. The maximum atomic E-state index is 12.6. The molecule has 0 saturated carbocycles. The third-order valence-corrected chi connectivity index (χ3v) is 4.61. The second-order valence-electron chi connectivity index (χ2n) is 6.10. The minimum absolute atomic E-state index is 0.0234. The largest absolute Gasteiger partial charge is 0.481 e. The molecule has 5 nitrogen and oxygen atoms in total. The molecule has 1 aromatic rings. The quantitative estimate of drug-likeness (QED) is 0.864. The number of aliphatic carboxylic acids is 1. The fourth-order valence-corrected chi connectivity index (χ4v) is 3.34. The Labute approximate surface area is 123 Å². The Hall–Kier alpha value is -2.04. The number of anilines is 1. The summed E-state index contributed by atoms with van der Waals surface area (Å²) >= 11 is 0. The lowest BCUT2D eigenvalue weighted by Gasteiger charge is -2.28. The van der Waals surface area contributed by atoms with Crippen LogP contribution in [0.15, 0.2) is 24.3 Å². The third kappa shape index (κ3) is 2.60. The van der Waals surface area contributed by atoms with Gasteiger partial charge in [-0.1, -0.05) is 25.1 Å². The SMILES string of the molecule is CC1CN(C(=O)C2CNc3ccccc3C2)CC1C(=O)O. The predicted octanol–water partition coefficient (Wildman–Crippen LogP) is 1.45. The van der Waals surface area contributed by atoms with Crippen molar-refractivity contribution >= 4 is 17.6 Å². The fourth-order valence-electron chi connectivity index (χ4n) is 3.34. The summed E-state index contributed by atoms with van der Waals surface area (Å²) in [7, 11) is 0. The average molecular weight is 288 g/mol. The fraction of sp³-hybridized carbons (Fsp3) is 0.500. The lowest BCUT2D eigenvalue weighted by Crippen LogP contribution is -2.40. The first-order chi connectivity index (χ1) is 10.1. The van der Waals surface area contributed by atoms with Crippen molar-refractivity contribution in [1.82, 2.24) is 4.90 Å². The van der Waals surface area contributed by atoms with E-state index < -0.39 is 11.9 Å². The molecule has 112 valence electrons. The Kier molecular flexibility index (Phi) is 3.57. The zero-order valence-corrected chi connectivity index (χ0v) is 12.1. The van der Waals surface area contributed by atoms with Crippen molar-refractivity contribution in [1.29, 1.82) is 0 Å².